The maximum atomic E-state index is 12.6. The lowest BCUT2D eigenvalue weighted by Gasteiger charge is -2.22. The molecular weight excluding hydrogens is 274 g/mol. The molecule has 0 bridgehead atoms. The summed E-state index contributed by atoms with van der Waals surface area (Å²) in [5, 5.41) is 0. The second-order valence-corrected chi connectivity index (χ2v) is 5.15. The van der Waals surface area contributed by atoms with Gasteiger partial charge in [-0.1, -0.05) is 30.3 Å². The van der Waals surface area contributed by atoms with E-state index in [0.29, 0.717) is 16.7 Å². The average Bonchev–Trinajstić information content (AvgIpc) is 2.56. The van der Waals surface area contributed by atoms with E-state index in [1.54, 1.807) is 18.2 Å². The molecule has 2 aromatic carbocycles. The molecule has 0 spiro atoms. The Balaban J connectivity index is 2.48. The number of carbonyl (C=O) groups is 2. The van der Waals surface area contributed by atoms with Crippen molar-refractivity contribution in [3.05, 3.63) is 65.2 Å². The lowest BCUT2D eigenvalue weighted by molar-refractivity contribution is 0.0990. The lowest BCUT2D eigenvalue weighted by Crippen LogP contribution is -2.22. The Labute approximate surface area is 131 Å². The second kappa shape index (κ2) is 7.03. The molecule has 2 rings (SSSR count). The number of Topliss-reactive ketones (excluding diaryl/α,β-unsaturated/α-hetero) is 1. The number of rotatable bonds is 6. The molecule has 2 aromatic rings. The summed E-state index contributed by atoms with van der Waals surface area (Å²) in [7, 11) is 0. The number of carbonyl (C=O) groups excluding carboxylic acids is 2. The van der Waals surface area contributed by atoms with Gasteiger partial charge in [-0.15, -0.1) is 0 Å². The zero-order valence-corrected chi connectivity index (χ0v) is 13.3. The third-order valence-electron chi connectivity index (χ3n) is 3.79. The molecule has 3 heteroatoms. The number of hydrogen-bond donors (Lipinski definition) is 0. The van der Waals surface area contributed by atoms with Crippen LogP contribution >= 0.6 is 0 Å². The summed E-state index contributed by atoms with van der Waals surface area (Å²) in [6, 6.07) is 14.6. The normalized spacial score (nSPS) is 10.3. The molecule has 0 fully saturated rings. The zero-order valence-electron chi connectivity index (χ0n) is 13.3. The summed E-state index contributed by atoms with van der Waals surface area (Å²) in [6.45, 7) is 7.36. The van der Waals surface area contributed by atoms with Crippen molar-refractivity contribution < 1.29 is 9.59 Å². The topological polar surface area (TPSA) is 37.4 Å². The van der Waals surface area contributed by atoms with Crippen LogP contribution in [0.5, 0.6) is 0 Å². The van der Waals surface area contributed by atoms with Crippen LogP contribution in [0, 0.1) is 0 Å². The van der Waals surface area contributed by atoms with Gasteiger partial charge in [0.15, 0.2) is 11.6 Å². The predicted molar refractivity (Wildman–Crippen MR) is 89.9 cm³/mol. The molecule has 0 unspecified atom stereocenters. The van der Waals surface area contributed by atoms with Crippen molar-refractivity contribution in [1.82, 2.24) is 0 Å². The standard InChI is InChI=1S/C19H21NO2/c1-4-20(5-2)16-11-12-17(18(13-16)14(3)21)19(22)15-9-7-6-8-10-15/h6-13H,4-5H2,1-3H3. The van der Waals surface area contributed by atoms with Crippen molar-refractivity contribution in [2.75, 3.05) is 18.0 Å². The number of hydrogen-bond acceptors (Lipinski definition) is 3. The quantitative estimate of drug-likeness (QED) is 0.757. The van der Waals surface area contributed by atoms with E-state index in [1.807, 2.05) is 30.3 Å². The maximum absolute atomic E-state index is 12.6. The number of anilines is 1. The Morgan fingerprint density at radius 2 is 1.55 bits per heavy atom. The first-order valence-electron chi connectivity index (χ1n) is 7.58. The molecule has 114 valence electrons. The molecule has 0 atom stereocenters. The third-order valence-corrected chi connectivity index (χ3v) is 3.79. The van der Waals surface area contributed by atoms with Crippen molar-refractivity contribution in [2.24, 2.45) is 0 Å². The minimum atomic E-state index is -0.114. The molecule has 22 heavy (non-hydrogen) atoms. The molecule has 0 heterocycles. The van der Waals surface area contributed by atoms with Gasteiger partial charge in [0.2, 0.25) is 0 Å². The van der Waals surface area contributed by atoms with Gasteiger partial charge in [0.1, 0.15) is 0 Å². The number of nitrogens with zero attached hydrogens (tertiary/aromatic N) is 1. The molecule has 0 aromatic heterocycles. The fraction of sp³-hybridized carbons (Fsp3) is 0.263. The summed E-state index contributed by atoms with van der Waals surface area (Å²) >= 11 is 0. The van der Waals surface area contributed by atoms with Gasteiger partial charge in [-0.05, 0) is 39.0 Å². The molecule has 0 aliphatic heterocycles. The van der Waals surface area contributed by atoms with Crippen LogP contribution in [-0.2, 0) is 0 Å². The van der Waals surface area contributed by atoms with Gasteiger partial charge in [0.25, 0.3) is 0 Å². The van der Waals surface area contributed by atoms with Crippen LogP contribution in [0.4, 0.5) is 5.69 Å². The molecule has 0 N–H and O–H groups in total. The van der Waals surface area contributed by atoms with Crippen LogP contribution in [0.25, 0.3) is 0 Å². The second-order valence-electron chi connectivity index (χ2n) is 5.15. The van der Waals surface area contributed by atoms with Gasteiger partial charge in [0.05, 0.1) is 0 Å². The highest BCUT2D eigenvalue weighted by Crippen LogP contribution is 2.22. The van der Waals surface area contributed by atoms with E-state index >= 15 is 0 Å². The molecule has 0 aliphatic carbocycles. The van der Waals surface area contributed by atoms with Gasteiger partial charge in [-0.3, -0.25) is 9.59 Å². The Morgan fingerprint density at radius 3 is 2.09 bits per heavy atom. The summed E-state index contributed by atoms with van der Waals surface area (Å²) < 4.78 is 0. The minimum Gasteiger partial charge on any atom is -0.372 e. The smallest absolute Gasteiger partial charge is 0.193 e. The molecular formula is C19H21NO2. The number of benzene rings is 2. The Hall–Kier alpha value is -2.42. The van der Waals surface area contributed by atoms with E-state index in [0.717, 1.165) is 18.8 Å². The fourth-order valence-electron chi connectivity index (χ4n) is 2.55. The summed E-state index contributed by atoms with van der Waals surface area (Å²) in [6.07, 6.45) is 0. The van der Waals surface area contributed by atoms with Crippen molar-refractivity contribution >= 4 is 17.3 Å². The van der Waals surface area contributed by atoms with Gasteiger partial charge >= 0.3 is 0 Å². The van der Waals surface area contributed by atoms with Crippen molar-refractivity contribution in [1.29, 1.82) is 0 Å². The summed E-state index contributed by atoms with van der Waals surface area (Å²) in [4.78, 5) is 26.8. The Morgan fingerprint density at radius 1 is 0.909 bits per heavy atom. The van der Waals surface area contributed by atoms with Crippen LogP contribution in [0.3, 0.4) is 0 Å². The van der Waals surface area contributed by atoms with Crippen LogP contribution in [0.15, 0.2) is 48.5 Å². The SMILES string of the molecule is CCN(CC)c1ccc(C(=O)c2ccccc2)c(C(C)=O)c1. The predicted octanol–water partition coefficient (Wildman–Crippen LogP) is 3.97. The van der Waals surface area contributed by atoms with E-state index in [9.17, 15) is 9.59 Å². The lowest BCUT2D eigenvalue weighted by atomic mass is 9.95. The summed E-state index contributed by atoms with van der Waals surface area (Å²) in [5.74, 6) is -0.204. The third kappa shape index (κ3) is 3.25. The fourth-order valence-corrected chi connectivity index (χ4v) is 2.55. The summed E-state index contributed by atoms with van der Waals surface area (Å²) in [5.41, 5.74) is 2.52. The van der Waals surface area contributed by atoms with E-state index in [-0.39, 0.29) is 11.6 Å². The van der Waals surface area contributed by atoms with Gasteiger partial charge in [-0.2, -0.15) is 0 Å². The van der Waals surface area contributed by atoms with Gasteiger partial charge < -0.3 is 4.90 Å². The molecule has 0 aliphatic rings. The first-order valence-corrected chi connectivity index (χ1v) is 7.58. The van der Waals surface area contributed by atoms with Crippen molar-refractivity contribution in [3.8, 4) is 0 Å². The van der Waals surface area contributed by atoms with E-state index in [1.165, 1.54) is 6.92 Å². The van der Waals surface area contributed by atoms with Crippen molar-refractivity contribution in [2.45, 2.75) is 20.8 Å². The zero-order chi connectivity index (χ0) is 16.1. The van der Waals surface area contributed by atoms with Crippen LogP contribution in [0.2, 0.25) is 0 Å². The van der Waals surface area contributed by atoms with Crippen molar-refractivity contribution in [3.63, 3.8) is 0 Å². The largest absolute Gasteiger partial charge is 0.372 e. The maximum Gasteiger partial charge on any atom is 0.193 e. The minimum absolute atomic E-state index is 0.0895. The van der Waals surface area contributed by atoms with E-state index in [2.05, 4.69) is 18.7 Å². The monoisotopic (exact) mass is 295 g/mol. The van der Waals surface area contributed by atoms with Gasteiger partial charge in [-0.25, -0.2) is 0 Å². The molecule has 0 amide bonds. The van der Waals surface area contributed by atoms with Gasteiger partial charge in [0, 0.05) is 35.5 Å². The molecule has 3 nitrogen and oxygen atoms in total. The molecule has 0 saturated carbocycles. The first-order chi connectivity index (χ1) is 10.6. The highest BCUT2D eigenvalue weighted by molar-refractivity contribution is 6.15. The highest BCUT2D eigenvalue weighted by atomic mass is 16.1. The Kier molecular flexibility index (Phi) is 5.10. The number of ketones is 2. The van der Waals surface area contributed by atoms with E-state index < -0.39 is 0 Å². The van der Waals surface area contributed by atoms with Crippen LogP contribution in [0.1, 0.15) is 47.1 Å². The van der Waals surface area contributed by atoms with Crippen LogP contribution < -0.4 is 4.90 Å². The first kappa shape index (κ1) is 16.0. The van der Waals surface area contributed by atoms with Crippen LogP contribution in [-0.4, -0.2) is 24.7 Å². The Bertz CT molecular complexity index is 673. The highest BCUT2D eigenvalue weighted by Gasteiger charge is 2.17. The molecule has 0 saturated heterocycles. The van der Waals surface area contributed by atoms with E-state index in [4.69, 9.17) is 0 Å². The molecule has 0 radical (unpaired) electrons. The average molecular weight is 295 g/mol.